The van der Waals surface area contributed by atoms with E-state index in [9.17, 15) is 0 Å². The van der Waals surface area contributed by atoms with Crippen LogP contribution in [0.3, 0.4) is 0 Å². The van der Waals surface area contributed by atoms with E-state index in [2.05, 4.69) is 66.8 Å². The van der Waals surface area contributed by atoms with Gasteiger partial charge in [0.25, 0.3) is 0 Å². The molecule has 2 unspecified atom stereocenters. The summed E-state index contributed by atoms with van der Waals surface area (Å²) in [5, 5.41) is 0. The molecule has 0 heterocycles. The van der Waals surface area contributed by atoms with E-state index in [0.717, 1.165) is 4.47 Å². The summed E-state index contributed by atoms with van der Waals surface area (Å²) in [5.41, 5.74) is 7.37. The maximum Gasteiger partial charge on any atom is 0.0507 e. The molecule has 0 aromatic heterocycles. The topological polar surface area (TPSA) is 29.3 Å². The molecule has 2 atom stereocenters. The van der Waals surface area contributed by atoms with E-state index in [1.807, 2.05) is 6.07 Å². The summed E-state index contributed by atoms with van der Waals surface area (Å²) in [6.07, 6.45) is 0. The Morgan fingerprint density at radius 1 is 1.19 bits per heavy atom. The number of hydrogen-bond donors (Lipinski definition) is 1. The molecule has 0 amide bonds. The van der Waals surface area contributed by atoms with E-state index in [4.69, 9.17) is 5.73 Å². The molecule has 0 bridgehead atoms. The Bertz CT molecular complexity index is 336. The Balaban J connectivity index is 3.08. The summed E-state index contributed by atoms with van der Waals surface area (Å²) in [4.78, 5) is 2.31. The fraction of sp³-hybridized carbons (Fsp3) is 0.538. The molecule has 90 valence electrons. The lowest BCUT2D eigenvalue weighted by Gasteiger charge is -2.35. The Kier molecular flexibility index (Phi) is 4.96. The highest BCUT2D eigenvalue weighted by atomic mass is 79.9. The van der Waals surface area contributed by atoms with Gasteiger partial charge in [-0.15, -0.1) is 0 Å². The average Bonchev–Trinajstić information content (AvgIpc) is 2.20. The van der Waals surface area contributed by atoms with E-state index < -0.39 is 0 Å². The van der Waals surface area contributed by atoms with Gasteiger partial charge in [-0.2, -0.15) is 0 Å². The third kappa shape index (κ3) is 3.06. The molecule has 1 aromatic carbocycles. The van der Waals surface area contributed by atoms with Crippen LogP contribution < -0.4 is 5.73 Å². The highest BCUT2D eigenvalue weighted by Crippen LogP contribution is 2.29. The summed E-state index contributed by atoms with van der Waals surface area (Å²) in [6.45, 7) is 6.43. The number of nitrogens with two attached hydrogens (primary N) is 1. The van der Waals surface area contributed by atoms with Gasteiger partial charge in [0.05, 0.1) is 6.04 Å². The molecule has 2 nitrogen and oxygen atoms in total. The lowest BCUT2D eigenvalue weighted by Crippen LogP contribution is -2.40. The highest BCUT2D eigenvalue weighted by Gasteiger charge is 2.24. The summed E-state index contributed by atoms with van der Waals surface area (Å²) in [5.74, 6) is 0. The Morgan fingerprint density at radius 3 is 2.19 bits per heavy atom. The predicted octanol–water partition coefficient (Wildman–Crippen LogP) is 3.18. The maximum absolute atomic E-state index is 6.11. The standard InChI is InChI=1S/C13H21BrN2/c1-9(2)16(4)13(10(3)15)11-7-5-6-8-12(11)14/h5-10,13H,15H2,1-4H3. The molecule has 1 aromatic rings. The Morgan fingerprint density at radius 2 is 1.75 bits per heavy atom. The molecule has 0 aliphatic heterocycles. The zero-order chi connectivity index (χ0) is 12.3. The van der Waals surface area contributed by atoms with E-state index in [1.54, 1.807) is 0 Å². The van der Waals surface area contributed by atoms with Crippen molar-refractivity contribution in [3.8, 4) is 0 Å². The average molecular weight is 285 g/mol. The van der Waals surface area contributed by atoms with E-state index in [-0.39, 0.29) is 12.1 Å². The van der Waals surface area contributed by atoms with Crippen LogP contribution in [0.15, 0.2) is 28.7 Å². The molecule has 0 aliphatic carbocycles. The molecule has 2 N–H and O–H groups in total. The SMILES string of the molecule is CC(N)C(c1ccccc1Br)N(C)C(C)C. The van der Waals surface area contributed by atoms with Crippen LogP contribution in [0.1, 0.15) is 32.4 Å². The van der Waals surface area contributed by atoms with Gasteiger partial charge >= 0.3 is 0 Å². The third-order valence-corrected chi connectivity index (χ3v) is 3.70. The quantitative estimate of drug-likeness (QED) is 0.920. The summed E-state index contributed by atoms with van der Waals surface area (Å²) in [6, 6.07) is 9.12. The number of likely N-dealkylation sites (N-methyl/N-ethyl adjacent to an activating group) is 1. The van der Waals surface area contributed by atoms with E-state index in [0.29, 0.717) is 6.04 Å². The van der Waals surface area contributed by atoms with Crippen molar-refractivity contribution >= 4 is 15.9 Å². The fourth-order valence-electron chi connectivity index (χ4n) is 1.91. The first-order chi connectivity index (χ1) is 7.45. The lowest BCUT2D eigenvalue weighted by molar-refractivity contribution is 0.175. The monoisotopic (exact) mass is 284 g/mol. The smallest absolute Gasteiger partial charge is 0.0507 e. The van der Waals surface area contributed by atoms with Crippen LogP contribution in [-0.2, 0) is 0 Å². The van der Waals surface area contributed by atoms with Crippen LogP contribution in [0.4, 0.5) is 0 Å². The minimum atomic E-state index is 0.103. The molecule has 16 heavy (non-hydrogen) atoms. The van der Waals surface area contributed by atoms with Gasteiger partial charge in [-0.05, 0) is 39.4 Å². The molecule has 0 fully saturated rings. The van der Waals surface area contributed by atoms with Crippen LogP contribution in [0.2, 0.25) is 0 Å². The second kappa shape index (κ2) is 5.80. The Labute approximate surface area is 107 Å². The highest BCUT2D eigenvalue weighted by molar-refractivity contribution is 9.10. The molecular weight excluding hydrogens is 264 g/mol. The molecule has 0 saturated carbocycles. The number of halogens is 1. The van der Waals surface area contributed by atoms with Crippen molar-refractivity contribution in [2.75, 3.05) is 7.05 Å². The van der Waals surface area contributed by atoms with Crippen molar-refractivity contribution in [1.29, 1.82) is 0 Å². The van der Waals surface area contributed by atoms with E-state index >= 15 is 0 Å². The first-order valence-electron chi connectivity index (χ1n) is 5.67. The van der Waals surface area contributed by atoms with Crippen molar-refractivity contribution in [2.45, 2.75) is 38.9 Å². The van der Waals surface area contributed by atoms with Crippen LogP contribution in [-0.4, -0.2) is 24.0 Å². The van der Waals surface area contributed by atoms with Crippen molar-refractivity contribution in [3.63, 3.8) is 0 Å². The normalized spacial score (nSPS) is 15.5. The molecule has 1 rings (SSSR count). The second-order valence-electron chi connectivity index (χ2n) is 4.58. The lowest BCUT2D eigenvalue weighted by atomic mass is 9.98. The zero-order valence-electron chi connectivity index (χ0n) is 10.4. The first-order valence-corrected chi connectivity index (χ1v) is 6.46. The van der Waals surface area contributed by atoms with Crippen LogP contribution in [0, 0.1) is 0 Å². The van der Waals surface area contributed by atoms with Gasteiger partial charge in [0.15, 0.2) is 0 Å². The first kappa shape index (κ1) is 13.7. The van der Waals surface area contributed by atoms with Gasteiger partial charge < -0.3 is 5.73 Å². The van der Waals surface area contributed by atoms with Gasteiger partial charge in [0, 0.05) is 16.6 Å². The summed E-state index contributed by atoms with van der Waals surface area (Å²) in [7, 11) is 2.12. The summed E-state index contributed by atoms with van der Waals surface area (Å²) >= 11 is 3.60. The molecular formula is C13H21BrN2. The number of nitrogens with zero attached hydrogens (tertiary/aromatic N) is 1. The van der Waals surface area contributed by atoms with E-state index in [1.165, 1.54) is 5.56 Å². The van der Waals surface area contributed by atoms with Crippen molar-refractivity contribution in [2.24, 2.45) is 5.73 Å². The van der Waals surface area contributed by atoms with Crippen LogP contribution in [0.25, 0.3) is 0 Å². The second-order valence-corrected chi connectivity index (χ2v) is 5.44. The van der Waals surface area contributed by atoms with Crippen LogP contribution in [0.5, 0.6) is 0 Å². The van der Waals surface area contributed by atoms with Crippen molar-refractivity contribution in [1.82, 2.24) is 4.90 Å². The maximum atomic E-state index is 6.11. The van der Waals surface area contributed by atoms with Gasteiger partial charge in [0.1, 0.15) is 0 Å². The largest absolute Gasteiger partial charge is 0.326 e. The minimum Gasteiger partial charge on any atom is -0.326 e. The van der Waals surface area contributed by atoms with Gasteiger partial charge in [-0.3, -0.25) is 4.90 Å². The number of rotatable bonds is 4. The van der Waals surface area contributed by atoms with Crippen molar-refractivity contribution in [3.05, 3.63) is 34.3 Å². The minimum absolute atomic E-state index is 0.103. The van der Waals surface area contributed by atoms with Crippen molar-refractivity contribution < 1.29 is 0 Å². The molecule has 0 aliphatic rings. The zero-order valence-corrected chi connectivity index (χ0v) is 12.0. The molecule has 0 radical (unpaired) electrons. The van der Waals surface area contributed by atoms with Gasteiger partial charge in [-0.1, -0.05) is 34.1 Å². The Hall–Kier alpha value is -0.380. The van der Waals surface area contributed by atoms with Gasteiger partial charge in [-0.25, -0.2) is 0 Å². The fourth-order valence-corrected chi connectivity index (χ4v) is 2.43. The molecule has 3 heteroatoms. The van der Waals surface area contributed by atoms with Gasteiger partial charge in [0.2, 0.25) is 0 Å². The number of hydrogen-bond acceptors (Lipinski definition) is 2. The molecule has 0 spiro atoms. The molecule has 0 saturated heterocycles. The third-order valence-electron chi connectivity index (χ3n) is 2.98. The number of benzene rings is 1. The predicted molar refractivity (Wildman–Crippen MR) is 73.4 cm³/mol. The summed E-state index contributed by atoms with van der Waals surface area (Å²) < 4.78 is 1.13. The van der Waals surface area contributed by atoms with Crippen LogP contribution >= 0.6 is 15.9 Å².